The highest BCUT2D eigenvalue weighted by atomic mass is 79.9. The van der Waals surface area contributed by atoms with Crippen molar-refractivity contribution in [2.24, 2.45) is 5.10 Å². The van der Waals surface area contributed by atoms with E-state index in [1.807, 2.05) is 0 Å². The van der Waals surface area contributed by atoms with Gasteiger partial charge in [0.25, 0.3) is 0 Å². The van der Waals surface area contributed by atoms with E-state index in [0.717, 1.165) is 4.47 Å². The van der Waals surface area contributed by atoms with Crippen molar-refractivity contribution < 1.29 is 5.11 Å². The maximum Gasteiger partial charge on any atom is 0.238 e. The van der Waals surface area contributed by atoms with Gasteiger partial charge in [0.05, 0.1) is 10.7 Å². The standard InChI is InChI=1S/C9H7Br2N5OS/c10-5-1-4(7(17)6(11)2-5)3-12-14-8-13-9(18)16-15-8/h1-3,17H,(H3,13,14,15,16,18). The van der Waals surface area contributed by atoms with Crippen molar-refractivity contribution in [1.29, 1.82) is 0 Å². The summed E-state index contributed by atoms with van der Waals surface area (Å²) in [4.78, 5) is 3.90. The Morgan fingerprint density at radius 3 is 2.83 bits per heavy atom. The first-order valence-corrected chi connectivity index (χ1v) is 6.67. The summed E-state index contributed by atoms with van der Waals surface area (Å²) in [6, 6.07) is 3.48. The molecular weight excluding hydrogens is 386 g/mol. The molecule has 0 fully saturated rings. The molecule has 1 heterocycles. The maximum atomic E-state index is 9.79. The molecule has 9 heteroatoms. The molecule has 0 aliphatic carbocycles. The van der Waals surface area contributed by atoms with Gasteiger partial charge in [0.1, 0.15) is 5.75 Å². The minimum Gasteiger partial charge on any atom is -0.506 e. The van der Waals surface area contributed by atoms with Crippen LogP contribution in [0.4, 0.5) is 5.95 Å². The van der Waals surface area contributed by atoms with E-state index in [1.165, 1.54) is 6.21 Å². The van der Waals surface area contributed by atoms with Gasteiger partial charge in [-0.1, -0.05) is 15.9 Å². The number of rotatable bonds is 3. The van der Waals surface area contributed by atoms with Gasteiger partial charge in [-0.25, -0.2) is 5.43 Å². The number of anilines is 1. The molecule has 0 amide bonds. The number of phenolic OH excluding ortho intramolecular Hbond substituents is 1. The Bertz CT molecular complexity index is 651. The Balaban J connectivity index is 2.16. The summed E-state index contributed by atoms with van der Waals surface area (Å²) in [5, 5.41) is 19.0. The largest absolute Gasteiger partial charge is 0.506 e. The van der Waals surface area contributed by atoms with Crippen molar-refractivity contribution in [3.05, 3.63) is 31.4 Å². The van der Waals surface area contributed by atoms with Gasteiger partial charge in [0.15, 0.2) is 0 Å². The number of hydrogen-bond acceptors (Lipinski definition) is 5. The predicted octanol–water partition coefficient (Wildman–Crippen LogP) is 3.14. The van der Waals surface area contributed by atoms with Crippen molar-refractivity contribution in [3.63, 3.8) is 0 Å². The van der Waals surface area contributed by atoms with Crippen LogP contribution in [0.15, 0.2) is 26.2 Å². The predicted molar refractivity (Wildman–Crippen MR) is 78.5 cm³/mol. The summed E-state index contributed by atoms with van der Waals surface area (Å²) in [6.45, 7) is 0. The quantitative estimate of drug-likeness (QED) is 0.367. The lowest BCUT2D eigenvalue weighted by atomic mass is 10.2. The molecule has 6 nitrogen and oxygen atoms in total. The van der Waals surface area contributed by atoms with Gasteiger partial charge >= 0.3 is 0 Å². The number of hydrazone groups is 1. The molecule has 0 saturated carbocycles. The average Bonchev–Trinajstić information content (AvgIpc) is 2.71. The van der Waals surface area contributed by atoms with Crippen LogP contribution in [0.3, 0.4) is 0 Å². The summed E-state index contributed by atoms with van der Waals surface area (Å²) in [7, 11) is 0. The molecule has 4 N–H and O–H groups in total. The van der Waals surface area contributed by atoms with Gasteiger partial charge in [-0.15, -0.1) is 0 Å². The molecule has 0 saturated heterocycles. The molecule has 18 heavy (non-hydrogen) atoms. The van der Waals surface area contributed by atoms with Crippen LogP contribution < -0.4 is 5.43 Å². The third-order valence-corrected chi connectivity index (χ3v) is 3.19. The zero-order valence-electron chi connectivity index (χ0n) is 8.74. The molecule has 0 aliphatic heterocycles. The first-order chi connectivity index (χ1) is 8.56. The fourth-order valence-electron chi connectivity index (χ4n) is 1.17. The van der Waals surface area contributed by atoms with Gasteiger partial charge in [-0.2, -0.15) is 10.1 Å². The highest BCUT2D eigenvalue weighted by Gasteiger charge is 2.05. The number of benzene rings is 1. The highest BCUT2D eigenvalue weighted by molar-refractivity contribution is 9.11. The van der Waals surface area contributed by atoms with Crippen molar-refractivity contribution in [2.45, 2.75) is 0 Å². The Morgan fingerprint density at radius 1 is 1.39 bits per heavy atom. The second-order valence-corrected chi connectivity index (χ2v) is 5.37. The number of aromatic nitrogens is 3. The normalized spacial score (nSPS) is 11.0. The third kappa shape index (κ3) is 3.18. The first-order valence-electron chi connectivity index (χ1n) is 4.68. The molecule has 0 unspecified atom stereocenters. The van der Waals surface area contributed by atoms with Crippen molar-refractivity contribution in [3.8, 4) is 5.75 Å². The van der Waals surface area contributed by atoms with Crippen molar-refractivity contribution in [1.82, 2.24) is 15.2 Å². The average molecular weight is 393 g/mol. The van der Waals surface area contributed by atoms with E-state index in [9.17, 15) is 5.11 Å². The Hall–Kier alpha value is -1.19. The van der Waals surface area contributed by atoms with Crippen LogP contribution in [0.2, 0.25) is 0 Å². The number of H-pyrrole nitrogens is 2. The lowest BCUT2D eigenvalue weighted by Crippen LogP contribution is -1.93. The van der Waals surface area contributed by atoms with Crippen LogP contribution in [0.1, 0.15) is 5.56 Å². The number of nitrogens with zero attached hydrogens (tertiary/aromatic N) is 2. The lowest BCUT2D eigenvalue weighted by Gasteiger charge is -2.02. The molecule has 0 radical (unpaired) electrons. The molecule has 2 aromatic rings. The number of aromatic hydroxyl groups is 1. The summed E-state index contributed by atoms with van der Waals surface area (Å²) in [6.07, 6.45) is 1.47. The van der Waals surface area contributed by atoms with Crippen LogP contribution in [0, 0.1) is 4.77 Å². The van der Waals surface area contributed by atoms with Crippen LogP contribution in [0.25, 0.3) is 0 Å². The van der Waals surface area contributed by atoms with E-state index in [0.29, 0.717) is 20.8 Å². The highest BCUT2D eigenvalue weighted by Crippen LogP contribution is 2.30. The molecular formula is C9H7Br2N5OS. The summed E-state index contributed by atoms with van der Waals surface area (Å²) in [5.74, 6) is 0.503. The number of nitrogens with one attached hydrogen (secondary N) is 3. The maximum absolute atomic E-state index is 9.79. The van der Waals surface area contributed by atoms with Crippen molar-refractivity contribution >= 4 is 56.2 Å². The third-order valence-electron chi connectivity index (χ3n) is 1.93. The second kappa shape index (κ2) is 5.63. The summed E-state index contributed by atoms with van der Waals surface area (Å²) in [5.41, 5.74) is 3.20. The fourth-order valence-corrected chi connectivity index (χ4v) is 2.57. The summed E-state index contributed by atoms with van der Waals surface area (Å²) >= 11 is 11.4. The smallest absolute Gasteiger partial charge is 0.238 e. The van der Waals surface area contributed by atoms with Crippen LogP contribution in [-0.2, 0) is 0 Å². The summed E-state index contributed by atoms with van der Waals surface area (Å²) < 4.78 is 1.74. The van der Waals surface area contributed by atoms with Gasteiger partial charge in [0, 0.05) is 10.0 Å². The Labute approximate surface area is 124 Å². The number of phenols is 1. The van der Waals surface area contributed by atoms with Gasteiger partial charge < -0.3 is 5.11 Å². The van der Waals surface area contributed by atoms with Gasteiger partial charge in [-0.3, -0.25) is 10.2 Å². The lowest BCUT2D eigenvalue weighted by molar-refractivity contribution is 0.471. The molecule has 0 aliphatic rings. The topological polar surface area (TPSA) is 89.1 Å². The zero-order chi connectivity index (χ0) is 13.1. The first kappa shape index (κ1) is 13.2. The van der Waals surface area contributed by atoms with Gasteiger partial charge in [-0.05, 0) is 40.3 Å². The molecule has 2 rings (SSSR count). The van der Waals surface area contributed by atoms with E-state index in [1.54, 1.807) is 12.1 Å². The Morgan fingerprint density at radius 2 is 2.17 bits per heavy atom. The minimum atomic E-state index is 0.110. The van der Waals surface area contributed by atoms with Gasteiger partial charge in [0.2, 0.25) is 10.7 Å². The molecule has 1 aromatic carbocycles. The van der Waals surface area contributed by atoms with Crippen molar-refractivity contribution in [2.75, 3.05) is 5.43 Å². The van der Waals surface area contributed by atoms with Crippen LogP contribution in [-0.4, -0.2) is 26.5 Å². The molecule has 0 bridgehead atoms. The van der Waals surface area contributed by atoms with E-state index in [4.69, 9.17) is 12.2 Å². The van der Waals surface area contributed by atoms with Crippen LogP contribution >= 0.6 is 44.1 Å². The van der Waals surface area contributed by atoms with E-state index in [2.05, 4.69) is 57.6 Å². The SMILES string of the molecule is Oc1c(Br)cc(Br)cc1C=NNc1nc(=S)[nH][nH]1. The molecule has 94 valence electrons. The second-order valence-electron chi connectivity index (χ2n) is 3.21. The fraction of sp³-hybridized carbons (Fsp3) is 0. The zero-order valence-corrected chi connectivity index (χ0v) is 12.7. The van der Waals surface area contributed by atoms with E-state index < -0.39 is 0 Å². The molecule has 1 aromatic heterocycles. The van der Waals surface area contributed by atoms with Crippen LogP contribution in [0.5, 0.6) is 5.75 Å². The van der Waals surface area contributed by atoms with E-state index in [-0.39, 0.29) is 5.75 Å². The monoisotopic (exact) mass is 391 g/mol. The van der Waals surface area contributed by atoms with E-state index >= 15 is 0 Å². The molecule has 0 spiro atoms. The number of hydrogen-bond donors (Lipinski definition) is 4. The number of halogens is 2. The number of aromatic amines is 2. The molecule has 0 atom stereocenters. The Kier molecular flexibility index (Phi) is 4.15. The minimum absolute atomic E-state index is 0.110.